The summed E-state index contributed by atoms with van der Waals surface area (Å²) in [6.45, 7) is 1.68. The predicted molar refractivity (Wildman–Crippen MR) is 62.9 cm³/mol. The van der Waals surface area contributed by atoms with Crippen LogP contribution in [0.1, 0.15) is 12.0 Å². The standard InChI is InChI=1S/C12H14O3S/c13-12(14)6-3-9-1-4-10(5-2-9)16-11-7-15-8-11/h1-2,4-5,11H,3,6-8H2,(H,13,14). The lowest BCUT2D eigenvalue weighted by Gasteiger charge is -2.25. The summed E-state index contributed by atoms with van der Waals surface area (Å²) in [4.78, 5) is 11.6. The first-order chi connectivity index (χ1) is 7.74. The van der Waals surface area contributed by atoms with Gasteiger partial charge in [0.15, 0.2) is 0 Å². The highest BCUT2D eigenvalue weighted by Gasteiger charge is 2.19. The molecule has 0 aromatic heterocycles. The SMILES string of the molecule is O=C(O)CCc1ccc(SC2COC2)cc1. The Kier molecular flexibility index (Phi) is 3.85. The van der Waals surface area contributed by atoms with Crippen molar-refractivity contribution in [3.8, 4) is 0 Å². The molecule has 4 heteroatoms. The number of carboxylic acid groups (broad SMARTS) is 1. The zero-order chi connectivity index (χ0) is 11.4. The van der Waals surface area contributed by atoms with Gasteiger partial charge in [-0.2, -0.15) is 0 Å². The van der Waals surface area contributed by atoms with Gasteiger partial charge in [-0.1, -0.05) is 12.1 Å². The Bertz CT molecular complexity index is 357. The van der Waals surface area contributed by atoms with Crippen LogP contribution in [0, 0.1) is 0 Å². The molecule has 0 atom stereocenters. The van der Waals surface area contributed by atoms with Crippen LogP contribution >= 0.6 is 11.8 Å². The van der Waals surface area contributed by atoms with E-state index < -0.39 is 5.97 Å². The number of hydrogen-bond donors (Lipinski definition) is 1. The van der Waals surface area contributed by atoms with Crippen LogP contribution in [0.2, 0.25) is 0 Å². The number of carbonyl (C=O) groups is 1. The molecule has 1 aromatic rings. The molecule has 0 unspecified atom stereocenters. The van der Waals surface area contributed by atoms with Crippen LogP contribution in [-0.2, 0) is 16.0 Å². The van der Waals surface area contributed by atoms with E-state index in [0.717, 1.165) is 18.8 Å². The number of aliphatic carboxylic acids is 1. The summed E-state index contributed by atoms with van der Waals surface area (Å²) < 4.78 is 5.11. The van der Waals surface area contributed by atoms with Crippen molar-refractivity contribution in [2.45, 2.75) is 23.0 Å². The molecule has 16 heavy (non-hydrogen) atoms. The number of thioether (sulfide) groups is 1. The third-order valence-corrected chi connectivity index (χ3v) is 3.61. The molecule has 1 fully saturated rings. The van der Waals surface area contributed by atoms with Crippen LogP contribution in [-0.4, -0.2) is 29.5 Å². The lowest BCUT2D eigenvalue weighted by Crippen LogP contribution is -2.29. The maximum Gasteiger partial charge on any atom is 0.303 e. The molecule has 0 saturated carbocycles. The van der Waals surface area contributed by atoms with Gasteiger partial charge in [-0.25, -0.2) is 0 Å². The first-order valence-electron chi connectivity index (χ1n) is 5.29. The van der Waals surface area contributed by atoms with Gasteiger partial charge in [0.1, 0.15) is 0 Å². The molecule has 0 aliphatic carbocycles. The minimum Gasteiger partial charge on any atom is -0.481 e. The fourth-order valence-electron chi connectivity index (χ4n) is 1.46. The molecule has 0 bridgehead atoms. The lowest BCUT2D eigenvalue weighted by molar-refractivity contribution is -0.136. The Morgan fingerprint density at radius 3 is 2.56 bits per heavy atom. The summed E-state index contributed by atoms with van der Waals surface area (Å²) in [6.07, 6.45) is 0.801. The van der Waals surface area contributed by atoms with E-state index in [-0.39, 0.29) is 6.42 Å². The molecule has 0 radical (unpaired) electrons. The van der Waals surface area contributed by atoms with Crippen LogP contribution in [0.4, 0.5) is 0 Å². The summed E-state index contributed by atoms with van der Waals surface area (Å²) in [5.41, 5.74) is 1.08. The van der Waals surface area contributed by atoms with Gasteiger partial charge in [0.2, 0.25) is 0 Å². The van der Waals surface area contributed by atoms with E-state index in [9.17, 15) is 4.79 Å². The van der Waals surface area contributed by atoms with E-state index >= 15 is 0 Å². The molecule has 1 aromatic carbocycles. The van der Waals surface area contributed by atoms with Crippen molar-refractivity contribution in [3.63, 3.8) is 0 Å². The molecule has 1 heterocycles. The smallest absolute Gasteiger partial charge is 0.303 e. The highest BCUT2D eigenvalue weighted by molar-refractivity contribution is 8.00. The van der Waals surface area contributed by atoms with Crippen LogP contribution in [0.3, 0.4) is 0 Å². The molecule has 1 saturated heterocycles. The fraction of sp³-hybridized carbons (Fsp3) is 0.417. The largest absolute Gasteiger partial charge is 0.481 e. The lowest BCUT2D eigenvalue weighted by atomic mass is 10.1. The highest BCUT2D eigenvalue weighted by Crippen LogP contribution is 2.28. The topological polar surface area (TPSA) is 46.5 Å². The Balaban J connectivity index is 1.85. The second-order valence-electron chi connectivity index (χ2n) is 3.82. The third-order valence-electron chi connectivity index (χ3n) is 2.46. The first kappa shape index (κ1) is 11.5. The average molecular weight is 238 g/mol. The van der Waals surface area contributed by atoms with Crippen molar-refractivity contribution < 1.29 is 14.6 Å². The Morgan fingerprint density at radius 2 is 2.06 bits per heavy atom. The third kappa shape index (κ3) is 3.25. The number of rotatable bonds is 5. The average Bonchev–Trinajstić information content (AvgIpc) is 2.22. The second-order valence-corrected chi connectivity index (χ2v) is 5.19. The van der Waals surface area contributed by atoms with Crippen molar-refractivity contribution in [1.82, 2.24) is 0 Å². The van der Waals surface area contributed by atoms with Gasteiger partial charge in [0, 0.05) is 11.3 Å². The van der Waals surface area contributed by atoms with Crippen molar-refractivity contribution in [3.05, 3.63) is 29.8 Å². The van der Waals surface area contributed by atoms with Gasteiger partial charge in [0.05, 0.1) is 18.5 Å². The zero-order valence-electron chi connectivity index (χ0n) is 8.89. The number of aryl methyl sites for hydroxylation is 1. The monoisotopic (exact) mass is 238 g/mol. The molecule has 2 rings (SSSR count). The van der Waals surface area contributed by atoms with Crippen molar-refractivity contribution in [2.75, 3.05) is 13.2 Å². The minimum absolute atomic E-state index is 0.197. The summed E-state index contributed by atoms with van der Waals surface area (Å²) in [5.74, 6) is -0.745. The van der Waals surface area contributed by atoms with E-state index in [4.69, 9.17) is 9.84 Å². The van der Waals surface area contributed by atoms with Gasteiger partial charge < -0.3 is 9.84 Å². The Morgan fingerprint density at radius 1 is 1.38 bits per heavy atom. The van der Waals surface area contributed by atoms with Crippen molar-refractivity contribution in [2.24, 2.45) is 0 Å². The highest BCUT2D eigenvalue weighted by atomic mass is 32.2. The molecule has 1 aliphatic heterocycles. The van der Waals surface area contributed by atoms with Gasteiger partial charge in [-0.3, -0.25) is 4.79 Å². The van der Waals surface area contributed by atoms with Crippen LogP contribution in [0.15, 0.2) is 29.2 Å². The number of hydrogen-bond acceptors (Lipinski definition) is 3. The van der Waals surface area contributed by atoms with Gasteiger partial charge in [-0.15, -0.1) is 11.8 Å². The van der Waals surface area contributed by atoms with E-state index in [1.165, 1.54) is 4.90 Å². The summed E-state index contributed by atoms with van der Waals surface area (Å²) in [7, 11) is 0. The van der Waals surface area contributed by atoms with Crippen molar-refractivity contribution in [1.29, 1.82) is 0 Å². The zero-order valence-corrected chi connectivity index (χ0v) is 9.70. The van der Waals surface area contributed by atoms with Crippen LogP contribution in [0.5, 0.6) is 0 Å². The first-order valence-corrected chi connectivity index (χ1v) is 6.17. The number of ether oxygens (including phenoxy) is 1. The summed E-state index contributed by atoms with van der Waals surface area (Å²) >= 11 is 1.82. The molecular formula is C12H14O3S. The molecular weight excluding hydrogens is 224 g/mol. The molecule has 0 spiro atoms. The normalized spacial score (nSPS) is 15.8. The van der Waals surface area contributed by atoms with Gasteiger partial charge in [0.25, 0.3) is 0 Å². The van der Waals surface area contributed by atoms with Gasteiger partial charge >= 0.3 is 5.97 Å². The summed E-state index contributed by atoms with van der Waals surface area (Å²) in [5, 5.41) is 9.16. The summed E-state index contributed by atoms with van der Waals surface area (Å²) in [6, 6.07) is 8.12. The van der Waals surface area contributed by atoms with E-state index in [0.29, 0.717) is 11.7 Å². The van der Waals surface area contributed by atoms with E-state index in [2.05, 4.69) is 12.1 Å². The molecule has 3 nitrogen and oxygen atoms in total. The molecule has 1 N–H and O–H groups in total. The van der Waals surface area contributed by atoms with Gasteiger partial charge in [-0.05, 0) is 24.1 Å². The fourth-order valence-corrected chi connectivity index (χ4v) is 2.47. The minimum atomic E-state index is -0.745. The molecule has 0 amide bonds. The van der Waals surface area contributed by atoms with E-state index in [1.54, 1.807) is 0 Å². The Labute approximate surface area is 98.8 Å². The Hall–Kier alpha value is -1.00. The maximum absolute atomic E-state index is 10.4. The quantitative estimate of drug-likeness (QED) is 0.854. The second kappa shape index (κ2) is 5.37. The van der Waals surface area contributed by atoms with Crippen molar-refractivity contribution >= 4 is 17.7 Å². The number of carboxylic acids is 1. The molecule has 86 valence electrons. The van der Waals surface area contributed by atoms with Crippen LogP contribution in [0.25, 0.3) is 0 Å². The predicted octanol–water partition coefficient (Wildman–Crippen LogP) is 2.19. The van der Waals surface area contributed by atoms with E-state index in [1.807, 2.05) is 23.9 Å². The van der Waals surface area contributed by atoms with Crippen LogP contribution < -0.4 is 0 Å². The number of benzene rings is 1. The maximum atomic E-state index is 10.4. The molecule has 1 aliphatic rings.